The summed E-state index contributed by atoms with van der Waals surface area (Å²) >= 11 is 1.65. The van der Waals surface area contributed by atoms with Crippen molar-refractivity contribution in [1.82, 2.24) is 5.32 Å². The summed E-state index contributed by atoms with van der Waals surface area (Å²) in [5.41, 5.74) is 2.64. The van der Waals surface area contributed by atoms with Crippen LogP contribution < -0.4 is 10.2 Å². The van der Waals surface area contributed by atoms with Crippen LogP contribution in [0.5, 0.6) is 0 Å². The average Bonchev–Trinajstić information content (AvgIpc) is 2.91. The zero-order valence-corrected chi connectivity index (χ0v) is 17.1. The quantitative estimate of drug-likeness (QED) is 0.650. The molecule has 0 saturated heterocycles. The van der Waals surface area contributed by atoms with E-state index in [1.54, 1.807) is 28.8 Å². The third-order valence-electron chi connectivity index (χ3n) is 4.96. The Morgan fingerprint density at radius 2 is 1.70 bits per heavy atom. The van der Waals surface area contributed by atoms with Crippen molar-refractivity contribution in [2.75, 3.05) is 11.4 Å². The number of carbonyl (C=O) groups is 2. The molecule has 30 heavy (non-hydrogen) atoms. The molecule has 1 aliphatic rings. The lowest BCUT2D eigenvalue weighted by Crippen LogP contribution is -2.40. The molecule has 1 aliphatic heterocycles. The van der Waals surface area contributed by atoms with Crippen LogP contribution >= 0.6 is 11.8 Å². The molecule has 6 heteroatoms. The van der Waals surface area contributed by atoms with Crippen molar-refractivity contribution in [3.8, 4) is 0 Å². The zero-order chi connectivity index (χ0) is 20.9. The summed E-state index contributed by atoms with van der Waals surface area (Å²) in [7, 11) is 0. The Balaban J connectivity index is 1.50. The van der Waals surface area contributed by atoms with Gasteiger partial charge in [-0.1, -0.05) is 54.6 Å². The Morgan fingerprint density at radius 3 is 2.47 bits per heavy atom. The van der Waals surface area contributed by atoms with Crippen molar-refractivity contribution in [3.05, 3.63) is 95.8 Å². The van der Waals surface area contributed by atoms with Crippen LogP contribution in [0.3, 0.4) is 0 Å². The van der Waals surface area contributed by atoms with Gasteiger partial charge in [0.15, 0.2) is 0 Å². The molecular formula is C24H21FN2O2S. The van der Waals surface area contributed by atoms with Gasteiger partial charge < -0.3 is 10.2 Å². The fourth-order valence-electron chi connectivity index (χ4n) is 3.41. The molecule has 0 radical (unpaired) electrons. The number of anilines is 1. The van der Waals surface area contributed by atoms with E-state index >= 15 is 0 Å². The lowest BCUT2D eigenvalue weighted by molar-refractivity contribution is -0.124. The van der Waals surface area contributed by atoms with E-state index in [0.29, 0.717) is 6.42 Å². The van der Waals surface area contributed by atoms with Gasteiger partial charge >= 0.3 is 0 Å². The molecular weight excluding hydrogens is 399 g/mol. The summed E-state index contributed by atoms with van der Waals surface area (Å²) in [5, 5.41) is 2.81. The molecule has 1 N–H and O–H groups in total. The van der Waals surface area contributed by atoms with Crippen molar-refractivity contribution < 1.29 is 14.0 Å². The van der Waals surface area contributed by atoms with Crippen LogP contribution in [-0.2, 0) is 16.1 Å². The van der Waals surface area contributed by atoms with Crippen molar-refractivity contribution in [1.29, 1.82) is 0 Å². The first-order valence-electron chi connectivity index (χ1n) is 9.72. The van der Waals surface area contributed by atoms with Gasteiger partial charge in [-0.25, -0.2) is 4.39 Å². The molecule has 1 heterocycles. The molecule has 0 aliphatic carbocycles. The van der Waals surface area contributed by atoms with Gasteiger partial charge in [0, 0.05) is 23.1 Å². The number of carbonyl (C=O) groups excluding carboxylic acids is 2. The standard InChI is InChI=1S/C24H21FN2O2S/c25-19-12-10-17(11-13-19)15-26-23(28)16-27-20-8-4-5-9-21(20)30-22(14-24(27)29)18-6-2-1-3-7-18/h1-13,22H,14-16H2,(H,26,28)/t22-/m0/s1. The number of nitrogens with one attached hydrogen (secondary N) is 1. The lowest BCUT2D eigenvalue weighted by atomic mass is 10.1. The monoisotopic (exact) mass is 420 g/mol. The number of fused-ring (bicyclic) bond motifs is 1. The minimum atomic E-state index is -0.317. The minimum absolute atomic E-state index is 0.00729. The molecule has 0 unspecified atom stereocenters. The van der Waals surface area contributed by atoms with E-state index < -0.39 is 0 Å². The molecule has 0 spiro atoms. The van der Waals surface area contributed by atoms with Crippen LogP contribution in [0.2, 0.25) is 0 Å². The third kappa shape index (κ3) is 4.71. The molecule has 4 rings (SSSR count). The molecule has 3 aromatic rings. The highest BCUT2D eigenvalue weighted by atomic mass is 32.2. The van der Waals surface area contributed by atoms with Crippen LogP contribution in [0.4, 0.5) is 10.1 Å². The molecule has 0 aromatic heterocycles. The highest BCUT2D eigenvalue weighted by Gasteiger charge is 2.30. The number of hydrogen-bond acceptors (Lipinski definition) is 3. The summed E-state index contributed by atoms with van der Waals surface area (Å²) < 4.78 is 13.0. The van der Waals surface area contributed by atoms with Crippen LogP contribution in [0.15, 0.2) is 83.8 Å². The SMILES string of the molecule is O=C(CN1C(=O)C[C@@H](c2ccccc2)Sc2ccccc21)NCc1ccc(F)cc1. The van der Waals surface area contributed by atoms with Crippen LogP contribution in [0, 0.1) is 5.82 Å². The summed E-state index contributed by atoms with van der Waals surface area (Å²) in [4.78, 5) is 28.2. The highest BCUT2D eigenvalue weighted by Crippen LogP contribution is 2.45. The topological polar surface area (TPSA) is 49.4 Å². The number of hydrogen-bond donors (Lipinski definition) is 1. The first kappa shape index (κ1) is 20.2. The second-order valence-corrected chi connectivity index (χ2v) is 8.32. The number of rotatable bonds is 5. The highest BCUT2D eigenvalue weighted by molar-refractivity contribution is 7.99. The fourth-order valence-corrected chi connectivity index (χ4v) is 4.69. The molecule has 3 aromatic carbocycles. The molecule has 2 amide bonds. The minimum Gasteiger partial charge on any atom is -0.350 e. The Hall–Kier alpha value is -3.12. The number of nitrogens with zero attached hydrogens (tertiary/aromatic N) is 1. The maximum atomic E-state index is 13.1. The number of benzene rings is 3. The fraction of sp³-hybridized carbons (Fsp3) is 0.167. The molecule has 0 bridgehead atoms. The van der Waals surface area contributed by atoms with Gasteiger partial charge in [-0.2, -0.15) is 0 Å². The predicted octanol–water partition coefficient (Wildman–Crippen LogP) is 4.71. The first-order chi connectivity index (χ1) is 14.6. The lowest BCUT2D eigenvalue weighted by Gasteiger charge is -2.22. The number of thioether (sulfide) groups is 1. The molecule has 4 nitrogen and oxygen atoms in total. The summed E-state index contributed by atoms with van der Waals surface area (Å²) in [6, 6.07) is 23.6. The van der Waals surface area contributed by atoms with Crippen LogP contribution in [0.1, 0.15) is 22.8 Å². The van der Waals surface area contributed by atoms with E-state index in [1.165, 1.54) is 12.1 Å². The number of halogens is 1. The van der Waals surface area contributed by atoms with Gasteiger partial charge in [-0.05, 0) is 35.4 Å². The normalized spacial score (nSPS) is 16.0. The Bertz CT molecular complexity index is 1040. The van der Waals surface area contributed by atoms with Gasteiger partial charge in [-0.3, -0.25) is 9.59 Å². The van der Waals surface area contributed by atoms with Crippen molar-refractivity contribution in [2.45, 2.75) is 23.1 Å². The summed E-state index contributed by atoms with van der Waals surface area (Å²) in [6.07, 6.45) is 0.314. The van der Waals surface area contributed by atoms with E-state index in [4.69, 9.17) is 0 Å². The summed E-state index contributed by atoms with van der Waals surface area (Å²) in [5.74, 6) is -0.661. The van der Waals surface area contributed by atoms with E-state index in [1.807, 2.05) is 54.6 Å². The maximum absolute atomic E-state index is 13.1. The molecule has 1 atom stereocenters. The largest absolute Gasteiger partial charge is 0.350 e. The van der Waals surface area contributed by atoms with E-state index in [-0.39, 0.29) is 36.0 Å². The van der Waals surface area contributed by atoms with E-state index in [0.717, 1.165) is 21.7 Å². The average molecular weight is 421 g/mol. The van der Waals surface area contributed by atoms with Crippen LogP contribution in [-0.4, -0.2) is 18.4 Å². The van der Waals surface area contributed by atoms with Gasteiger partial charge in [0.25, 0.3) is 0 Å². The van der Waals surface area contributed by atoms with Gasteiger partial charge in [0.2, 0.25) is 11.8 Å². The van der Waals surface area contributed by atoms with Gasteiger partial charge in [0.1, 0.15) is 12.4 Å². The second kappa shape index (κ2) is 9.13. The van der Waals surface area contributed by atoms with Crippen molar-refractivity contribution >= 4 is 29.3 Å². The molecule has 0 fully saturated rings. The Morgan fingerprint density at radius 1 is 1.00 bits per heavy atom. The Labute approximate surface area is 179 Å². The number of para-hydroxylation sites is 1. The number of amides is 2. The Kier molecular flexibility index (Phi) is 6.14. The molecule has 152 valence electrons. The van der Waals surface area contributed by atoms with Crippen LogP contribution in [0.25, 0.3) is 0 Å². The summed E-state index contributed by atoms with van der Waals surface area (Å²) in [6.45, 7) is 0.225. The van der Waals surface area contributed by atoms with Gasteiger partial charge in [-0.15, -0.1) is 11.8 Å². The first-order valence-corrected chi connectivity index (χ1v) is 10.6. The van der Waals surface area contributed by atoms with E-state index in [2.05, 4.69) is 5.32 Å². The maximum Gasteiger partial charge on any atom is 0.240 e. The smallest absolute Gasteiger partial charge is 0.240 e. The van der Waals surface area contributed by atoms with Gasteiger partial charge in [0.05, 0.1) is 5.69 Å². The van der Waals surface area contributed by atoms with Crippen molar-refractivity contribution in [3.63, 3.8) is 0 Å². The second-order valence-electron chi connectivity index (χ2n) is 7.07. The molecule has 0 saturated carbocycles. The van der Waals surface area contributed by atoms with Crippen molar-refractivity contribution in [2.24, 2.45) is 0 Å². The third-order valence-corrected chi connectivity index (χ3v) is 6.28. The zero-order valence-electron chi connectivity index (χ0n) is 16.3. The predicted molar refractivity (Wildman–Crippen MR) is 117 cm³/mol. The van der Waals surface area contributed by atoms with E-state index in [9.17, 15) is 14.0 Å².